The van der Waals surface area contributed by atoms with Gasteiger partial charge in [-0.15, -0.1) is 0 Å². The van der Waals surface area contributed by atoms with Crippen molar-refractivity contribution in [2.75, 3.05) is 10.7 Å². The van der Waals surface area contributed by atoms with Crippen molar-refractivity contribution in [3.8, 4) is 0 Å². The predicted molar refractivity (Wildman–Crippen MR) is 131 cm³/mol. The van der Waals surface area contributed by atoms with E-state index in [-0.39, 0.29) is 11.7 Å². The van der Waals surface area contributed by atoms with Crippen LogP contribution in [0.1, 0.15) is 29.0 Å². The molecule has 4 rings (SSSR count). The molecule has 1 atom stereocenters. The second kappa shape index (κ2) is 9.70. The van der Waals surface area contributed by atoms with Crippen molar-refractivity contribution >= 4 is 50.2 Å². The summed E-state index contributed by atoms with van der Waals surface area (Å²) in [4.78, 5) is 38.3. The number of nitrogens with one attached hydrogen (secondary N) is 3. The van der Waals surface area contributed by atoms with Crippen LogP contribution < -0.4 is 16.1 Å². The summed E-state index contributed by atoms with van der Waals surface area (Å²) >= 11 is 3.42. The number of aromatic nitrogens is 1. The summed E-state index contributed by atoms with van der Waals surface area (Å²) in [6, 6.07) is 25.0. The van der Waals surface area contributed by atoms with Crippen LogP contribution in [-0.4, -0.2) is 22.4 Å². The van der Waals surface area contributed by atoms with E-state index in [1.165, 1.54) is 4.68 Å². The number of hydrogen-bond acceptors (Lipinski definition) is 3. The van der Waals surface area contributed by atoms with E-state index in [9.17, 15) is 14.4 Å². The summed E-state index contributed by atoms with van der Waals surface area (Å²) in [5, 5.41) is 6.21. The number of amides is 3. The number of fused-ring (bicyclic) bond motifs is 1. The van der Waals surface area contributed by atoms with Crippen molar-refractivity contribution in [3.63, 3.8) is 0 Å². The van der Waals surface area contributed by atoms with Crippen LogP contribution in [0.4, 0.5) is 5.69 Å². The quantitative estimate of drug-likeness (QED) is 0.346. The molecule has 0 spiro atoms. The van der Waals surface area contributed by atoms with Gasteiger partial charge < -0.3 is 10.6 Å². The van der Waals surface area contributed by atoms with Crippen molar-refractivity contribution < 1.29 is 14.4 Å². The third-order valence-corrected chi connectivity index (χ3v) is 5.59. The Hall–Kier alpha value is -3.91. The van der Waals surface area contributed by atoms with Gasteiger partial charge in [-0.25, -0.2) is 4.68 Å². The number of halogens is 1. The van der Waals surface area contributed by atoms with E-state index in [2.05, 4.69) is 32.0 Å². The number of benzene rings is 3. The van der Waals surface area contributed by atoms with Crippen molar-refractivity contribution in [1.82, 2.24) is 9.99 Å². The zero-order valence-electron chi connectivity index (χ0n) is 17.7. The molecule has 0 saturated heterocycles. The van der Waals surface area contributed by atoms with Crippen LogP contribution in [0, 0.1) is 0 Å². The molecule has 166 valence electrons. The number of carbonyl (C=O) groups excluding carboxylic acids is 3. The van der Waals surface area contributed by atoms with E-state index in [0.717, 1.165) is 15.4 Å². The first kappa shape index (κ1) is 22.3. The third-order valence-electron chi connectivity index (χ3n) is 5.09. The first-order valence-electron chi connectivity index (χ1n) is 10.3. The molecule has 1 heterocycles. The highest BCUT2D eigenvalue weighted by molar-refractivity contribution is 9.10. The molecule has 0 aliphatic carbocycles. The Bertz CT molecular complexity index is 1320. The van der Waals surface area contributed by atoms with Crippen LogP contribution in [0.5, 0.6) is 0 Å². The van der Waals surface area contributed by atoms with Crippen molar-refractivity contribution in [2.24, 2.45) is 0 Å². The second-order valence-electron chi connectivity index (χ2n) is 7.44. The average molecular weight is 505 g/mol. The molecule has 0 saturated carbocycles. The van der Waals surface area contributed by atoms with Crippen molar-refractivity contribution in [2.45, 2.75) is 13.0 Å². The first-order chi connectivity index (χ1) is 15.9. The highest BCUT2D eigenvalue weighted by Gasteiger charge is 2.22. The minimum atomic E-state index is -0.882. The van der Waals surface area contributed by atoms with Crippen LogP contribution >= 0.6 is 15.9 Å². The lowest BCUT2D eigenvalue weighted by atomic mass is 10.1. The maximum absolute atomic E-state index is 13.0. The maximum atomic E-state index is 13.0. The fraction of sp³-hybridized carbons (Fsp3) is 0.0800. The van der Waals surface area contributed by atoms with E-state index >= 15 is 0 Å². The fourth-order valence-electron chi connectivity index (χ4n) is 3.43. The van der Waals surface area contributed by atoms with Gasteiger partial charge in [0.1, 0.15) is 5.69 Å². The highest BCUT2D eigenvalue weighted by Crippen LogP contribution is 2.24. The van der Waals surface area contributed by atoms with E-state index < -0.39 is 17.7 Å². The largest absolute Gasteiger partial charge is 0.341 e. The van der Waals surface area contributed by atoms with Gasteiger partial charge in [0.25, 0.3) is 5.91 Å². The number of hydrogen-bond donors (Lipinski definition) is 3. The van der Waals surface area contributed by atoms with E-state index in [4.69, 9.17) is 0 Å². The highest BCUT2D eigenvalue weighted by atomic mass is 79.9. The van der Waals surface area contributed by atoms with Gasteiger partial charge in [-0.3, -0.25) is 19.8 Å². The molecule has 33 heavy (non-hydrogen) atoms. The molecule has 0 bridgehead atoms. The Morgan fingerprint density at radius 3 is 2.21 bits per heavy atom. The Labute approximate surface area is 198 Å². The van der Waals surface area contributed by atoms with Gasteiger partial charge in [0.2, 0.25) is 0 Å². The SMILES string of the molecule is C[C@@H](NC(=O)C(=O)Nn1c(C(=O)Nc2ccccc2)cc2cc(Br)ccc21)c1ccccc1. The van der Waals surface area contributed by atoms with Crippen LogP contribution in [-0.2, 0) is 9.59 Å². The van der Waals surface area contributed by atoms with Gasteiger partial charge in [-0.2, -0.15) is 0 Å². The topological polar surface area (TPSA) is 92.2 Å². The molecule has 7 nitrogen and oxygen atoms in total. The summed E-state index contributed by atoms with van der Waals surface area (Å²) in [5.74, 6) is -2.11. The number of nitrogens with zero attached hydrogens (tertiary/aromatic N) is 1. The van der Waals surface area contributed by atoms with Gasteiger partial charge in [0.05, 0.1) is 11.6 Å². The summed E-state index contributed by atoms with van der Waals surface area (Å²) in [7, 11) is 0. The predicted octanol–water partition coefficient (Wildman–Crippen LogP) is 4.60. The summed E-state index contributed by atoms with van der Waals surface area (Å²) in [5.41, 5.74) is 4.81. The molecule has 0 aliphatic heterocycles. The lowest BCUT2D eigenvalue weighted by Gasteiger charge is -2.16. The smallest absolute Gasteiger partial charge is 0.328 e. The normalized spacial score (nSPS) is 11.6. The fourth-order valence-corrected chi connectivity index (χ4v) is 3.81. The zero-order valence-corrected chi connectivity index (χ0v) is 19.3. The van der Waals surface area contributed by atoms with Gasteiger partial charge in [0, 0.05) is 15.5 Å². The molecule has 4 aromatic rings. The van der Waals surface area contributed by atoms with Gasteiger partial charge >= 0.3 is 11.8 Å². The van der Waals surface area contributed by atoms with E-state index in [1.54, 1.807) is 37.3 Å². The van der Waals surface area contributed by atoms with Crippen LogP contribution in [0.3, 0.4) is 0 Å². The molecule has 0 unspecified atom stereocenters. The summed E-state index contributed by atoms with van der Waals surface area (Å²) in [6.45, 7) is 1.79. The second-order valence-corrected chi connectivity index (χ2v) is 8.35. The third kappa shape index (κ3) is 5.12. The minimum absolute atomic E-state index is 0.184. The van der Waals surface area contributed by atoms with Crippen LogP contribution in [0.2, 0.25) is 0 Å². The lowest BCUT2D eigenvalue weighted by molar-refractivity contribution is -0.137. The molecule has 3 N–H and O–H groups in total. The van der Waals surface area contributed by atoms with Gasteiger partial charge in [-0.1, -0.05) is 64.5 Å². The summed E-state index contributed by atoms with van der Waals surface area (Å²) in [6.07, 6.45) is 0. The first-order valence-corrected chi connectivity index (χ1v) is 11.1. The number of para-hydroxylation sites is 1. The molecule has 0 fully saturated rings. The molecule has 3 aromatic carbocycles. The molecular formula is C25H21BrN4O3. The maximum Gasteiger partial charge on any atom is 0.328 e. The Morgan fingerprint density at radius 1 is 0.848 bits per heavy atom. The monoisotopic (exact) mass is 504 g/mol. The molecule has 8 heteroatoms. The standard InChI is InChI=1S/C25H21BrN4O3/c1-16(17-8-4-2-5-9-17)27-24(32)25(33)29-30-21-13-12-19(26)14-18(21)15-22(30)23(31)28-20-10-6-3-7-11-20/h2-16H,1H3,(H,27,32)(H,28,31)(H,29,33)/t16-/m1/s1. The van der Waals surface area contributed by atoms with E-state index in [0.29, 0.717) is 11.2 Å². The average Bonchev–Trinajstić information content (AvgIpc) is 3.17. The number of carbonyl (C=O) groups is 3. The van der Waals surface area contributed by atoms with Crippen LogP contribution in [0.25, 0.3) is 10.9 Å². The minimum Gasteiger partial charge on any atom is -0.341 e. The van der Waals surface area contributed by atoms with Crippen molar-refractivity contribution in [3.05, 3.63) is 101 Å². The van der Waals surface area contributed by atoms with Crippen molar-refractivity contribution in [1.29, 1.82) is 0 Å². The molecule has 0 aliphatic rings. The summed E-state index contributed by atoms with van der Waals surface area (Å²) < 4.78 is 2.15. The Morgan fingerprint density at radius 2 is 1.52 bits per heavy atom. The van der Waals surface area contributed by atoms with Crippen LogP contribution in [0.15, 0.2) is 89.4 Å². The molecule has 3 amide bonds. The molecular weight excluding hydrogens is 484 g/mol. The molecule has 0 radical (unpaired) electrons. The Kier molecular flexibility index (Phi) is 6.55. The molecule has 1 aromatic heterocycles. The Balaban J connectivity index is 1.59. The van der Waals surface area contributed by atoms with Gasteiger partial charge in [0.15, 0.2) is 0 Å². The van der Waals surface area contributed by atoms with E-state index in [1.807, 2.05) is 54.6 Å². The number of anilines is 1. The zero-order chi connectivity index (χ0) is 23.4. The van der Waals surface area contributed by atoms with Gasteiger partial charge in [-0.05, 0) is 48.9 Å². The lowest BCUT2D eigenvalue weighted by Crippen LogP contribution is -2.40. The number of rotatable bonds is 5.